The van der Waals surface area contributed by atoms with Crippen molar-refractivity contribution in [3.8, 4) is 0 Å². The predicted octanol–water partition coefficient (Wildman–Crippen LogP) is 3.34. The molecule has 0 aromatic carbocycles. The zero-order valence-corrected chi connectivity index (χ0v) is 12.4. The number of aliphatic hydroxyl groups is 1. The van der Waals surface area contributed by atoms with Gasteiger partial charge in [0.05, 0.1) is 6.10 Å². The molecule has 18 heavy (non-hydrogen) atoms. The maximum Gasteiger partial charge on any atom is 0.0721 e. The fourth-order valence-corrected chi connectivity index (χ4v) is 3.83. The summed E-state index contributed by atoms with van der Waals surface area (Å²) in [7, 11) is 0. The van der Waals surface area contributed by atoms with Gasteiger partial charge in [0, 0.05) is 6.04 Å². The molecule has 1 aliphatic heterocycles. The SMILES string of the molecule is CC(C)(C)C1CCC(C(O)C2CCCCN2)CC1. The third-order valence-corrected chi connectivity index (χ3v) is 5.24. The van der Waals surface area contributed by atoms with Gasteiger partial charge in [-0.05, 0) is 62.3 Å². The summed E-state index contributed by atoms with van der Waals surface area (Å²) in [5.41, 5.74) is 0.443. The quantitative estimate of drug-likeness (QED) is 0.791. The van der Waals surface area contributed by atoms with Crippen LogP contribution in [0.15, 0.2) is 0 Å². The zero-order chi connectivity index (χ0) is 13.2. The van der Waals surface area contributed by atoms with Gasteiger partial charge in [-0.25, -0.2) is 0 Å². The molecule has 1 saturated heterocycles. The molecule has 1 aliphatic carbocycles. The van der Waals surface area contributed by atoms with Gasteiger partial charge in [-0.3, -0.25) is 0 Å². The van der Waals surface area contributed by atoms with E-state index in [1.165, 1.54) is 44.9 Å². The van der Waals surface area contributed by atoms with Gasteiger partial charge in [0.15, 0.2) is 0 Å². The monoisotopic (exact) mass is 253 g/mol. The smallest absolute Gasteiger partial charge is 0.0721 e. The van der Waals surface area contributed by atoms with Crippen molar-refractivity contribution in [2.45, 2.75) is 77.9 Å². The lowest BCUT2D eigenvalue weighted by Gasteiger charge is -2.40. The molecule has 0 spiro atoms. The number of aliphatic hydroxyl groups excluding tert-OH is 1. The number of hydrogen-bond donors (Lipinski definition) is 2. The second-order valence-electron chi connectivity index (χ2n) is 7.52. The zero-order valence-electron chi connectivity index (χ0n) is 12.4. The van der Waals surface area contributed by atoms with E-state index < -0.39 is 0 Å². The second kappa shape index (κ2) is 5.92. The fourth-order valence-electron chi connectivity index (χ4n) is 3.83. The van der Waals surface area contributed by atoms with E-state index in [0.29, 0.717) is 17.4 Å². The van der Waals surface area contributed by atoms with Crippen molar-refractivity contribution in [2.24, 2.45) is 17.3 Å². The number of nitrogens with one attached hydrogen (secondary N) is 1. The normalized spacial score (nSPS) is 36.3. The molecule has 2 heteroatoms. The Labute approximate surface area is 113 Å². The standard InChI is InChI=1S/C16H31NO/c1-16(2,3)13-9-7-12(8-10-13)15(18)14-6-4-5-11-17-14/h12-15,17-18H,4-11H2,1-3H3. The van der Waals surface area contributed by atoms with Crippen LogP contribution >= 0.6 is 0 Å². The average molecular weight is 253 g/mol. The number of hydrogen-bond acceptors (Lipinski definition) is 2. The Morgan fingerprint density at radius 2 is 1.67 bits per heavy atom. The van der Waals surface area contributed by atoms with Crippen LogP contribution in [-0.4, -0.2) is 23.8 Å². The van der Waals surface area contributed by atoms with Crippen LogP contribution in [0.25, 0.3) is 0 Å². The molecule has 106 valence electrons. The number of rotatable bonds is 2. The first-order valence-electron chi connectivity index (χ1n) is 7.90. The molecular formula is C16H31NO. The maximum atomic E-state index is 10.5. The maximum absolute atomic E-state index is 10.5. The Bertz CT molecular complexity index is 244. The van der Waals surface area contributed by atoms with E-state index in [4.69, 9.17) is 0 Å². The van der Waals surface area contributed by atoms with E-state index in [1.54, 1.807) is 0 Å². The minimum absolute atomic E-state index is 0.105. The molecule has 2 nitrogen and oxygen atoms in total. The summed E-state index contributed by atoms with van der Waals surface area (Å²) in [4.78, 5) is 0. The Balaban J connectivity index is 1.81. The van der Waals surface area contributed by atoms with Gasteiger partial charge in [-0.2, -0.15) is 0 Å². The molecule has 2 unspecified atom stereocenters. The van der Waals surface area contributed by atoms with Gasteiger partial charge in [-0.15, -0.1) is 0 Å². The van der Waals surface area contributed by atoms with E-state index in [9.17, 15) is 5.11 Å². The van der Waals surface area contributed by atoms with Gasteiger partial charge in [0.1, 0.15) is 0 Å². The second-order valence-corrected chi connectivity index (χ2v) is 7.52. The van der Waals surface area contributed by atoms with E-state index in [0.717, 1.165) is 12.5 Å². The third-order valence-electron chi connectivity index (χ3n) is 5.24. The van der Waals surface area contributed by atoms with E-state index in [2.05, 4.69) is 26.1 Å². The molecule has 0 bridgehead atoms. The molecule has 2 rings (SSSR count). The van der Waals surface area contributed by atoms with Crippen LogP contribution in [0.1, 0.15) is 65.7 Å². The van der Waals surface area contributed by atoms with Crippen molar-refractivity contribution in [1.82, 2.24) is 5.32 Å². The summed E-state index contributed by atoms with van der Waals surface area (Å²) in [5.74, 6) is 1.39. The lowest BCUT2D eigenvalue weighted by Crippen LogP contribution is -2.47. The molecule has 0 aromatic heterocycles. The first-order chi connectivity index (χ1) is 8.48. The highest BCUT2D eigenvalue weighted by atomic mass is 16.3. The highest BCUT2D eigenvalue weighted by Crippen LogP contribution is 2.41. The summed E-state index contributed by atoms with van der Waals surface area (Å²) in [5, 5.41) is 14.0. The molecule has 1 heterocycles. The number of piperidine rings is 1. The predicted molar refractivity (Wildman–Crippen MR) is 76.6 cm³/mol. The van der Waals surface area contributed by atoms with Crippen LogP contribution in [0.3, 0.4) is 0 Å². The van der Waals surface area contributed by atoms with Gasteiger partial charge in [0.25, 0.3) is 0 Å². The van der Waals surface area contributed by atoms with Crippen LogP contribution in [0.2, 0.25) is 0 Å². The topological polar surface area (TPSA) is 32.3 Å². The van der Waals surface area contributed by atoms with Crippen LogP contribution in [0, 0.1) is 17.3 Å². The van der Waals surface area contributed by atoms with E-state index in [-0.39, 0.29) is 6.10 Å². The first kappa shape index (κ1) is 14.3. The van der Waals surface area contributed by atoms with E-state index >= 15 is 0 Å². The Kier molecular flexibility index (Phi) is 4.71. The third kappa shape index (κ3) is 3.48. The molecule has 2 N–H and O–H groups in total. The molecule has 1 saturated carbocycles. The lowest BCUT2D eigenvalue weighted by atomic mass is 9.68. The summed E-state index contributed by atoms with van der Waals surface area (Å²) in [6.45, 7) is 8.17. The molecule has 0 amide bonds. The van der Waals surface area contributed by atoms with Crippen LogP contribution < -0.4 is 5.32 Å². The fraction of sp³-hybridized carbons (Fsp3) is 1.00. The highest BCUT2D eigenvalue weighted by Gasteiger charge is 2.35. The van der Waals surface area contributed by atoms with Crippen molar-refractivity contribution in [2.75, 3.05) is 6.54 Å². The van der Waals surface area contributed by atoms with Crippen LogP contribution in [0.5, 0.6) is 0 Å². The molecular weight excluding hydrogens is 222 g/mol. The minimum Gasteiger partial charge on any atom is -0.391 e. The van der Waals surface area contributed by atoms with E-state index in [1.807, 2.05) is 0 Å². The largest absolute Gasteiger partial charge is 0.391 e. The molecule has 0 radical (unpaired) electrons. The highest BCUT2D eigenvalue weighted by molar-refractivity contribution is 4.88. The van der Waals surface area contributed by atoms with Gasteiger partial charge in [-0.1, -0.05) is 27.2 Å². The van der Waals surface area contributed by atoms with Gasteiger partial charge in [0.2, 0.25) is 0 Å². The molecule has 0 aromatic rings. The Morgan fingerprint density at radius 1 is 1.00 bits per heavy atom. The average Bonchev–Trinajstić information content (AvgIpc) is 2.38. The minimum atomic E-state index is -0.105. The Morgan fingerprint density at radius 3 is 2.17 bits per heavy atom. The summed E-state index contributed by atoms with van der Waals surface area (Å²) < 4.78 is 0. The van der Waals surface area contributed by atoms with Gasteiger partial charge < -0.3 is 10.4 Å². The van der Waals surface area contributed by atoms with Crippen molar-refractivity contribution in [3.63, 3.8) is 0 Å². The van der Waals surface area contributed by atoms with Crippen LogP contribution in [0.4, 0.5) is 0 Å². The first-order valence-corrected chi connectivity index (χ1v) is 7.90. The van der Waals surface area contributed by atoms with Gasteiger partial charge >= 0.3 is 0 Å². The molecule has 2 fully saturated rings. The molecule has 2 atom stereocenters. The Hall–Kier alpha value is -0.0800. The van der Waals surface area contributed by atoms with Crippen molar-refractivity contribution in [3.05, 3.63) is 0 Å². The molecule has 2 aliphatic rings. The lowest BCUT2D eigenvalue weighted by molar-refractivity contribution is 0.0217. The van der Waals surface area contributed by atoms with Crippen molar-refractivity contribution in [1.29, 1.82) is 0 Å². The summed E-state index contributed by atoms with van der Waals surface area (Å²) >= 11 is 0. The summed E-state index contributed by atoms with van der Waals surface area (Å²) in [6.07, 6.45) is 8.68. The van der Waals surface area contributed by atoms with Crippen LogP contribution in [-0.2, 0) is 0 Å². The van der Waals surface area contributed by atoms with Crippen molar-refractivity contribution < 1.29 is 5.11 Å². The van der Waals surface area contributed by atoms with Crippen molar-refractivity contribution >= 4 is 0 Å². The summed E-state index contributed by atoms with van der Waals surface area (Å²) in [6, 6.07) is 0.370.